The molecule has 2 N–H and O–H groups in total. The Morgan fingerprint density at radius 3 is 2.00 bits per heavy atom. The van der Waals surface area contributed by atoms with Gasteiger partial charge < -0.3 is 10.2 Å². The molecule has 0 aromatic rings. The van der Waals surface area contributed by atoms with Crippen LogP contribution in [0.5, 0.6) is 0 Å². The Bertz CT molecular complexity index is 279. The highest BCUT2D eigenvalue weighted by Crippen LogP contribution is 2.35. The lowest BCUT2D eigenvalue weighted by atomic mass is 10.2. The molecular formula is C16H26O2. The maximum atomic E-state index is 8.90. The van der Waals surface area contributed by atoms with Crippen molar-refractivity contribution < 1.29 is 10.2 Å². The molecule has 4 atom stereocenters. The van der Waals surface area contributed by atoms with Crippen molar-refractivity contribution in [1.82, 2.24) is 0 Å². The van der Waals surface area contributed by atoms with E-state index in [4.69, 9.17) is 16.6 Å². The Kier molecular flexibility index (Phi) is 7.08. The topological polar surface area (TPSA) is 40.5 Å². The summed E-state index contributed by atoms with van der Waals surface area (Å²) in [5.41, 5.74) is 0. The Morgan fingerprint density at radius 1 is 1.11 bits per heavy atom. The van der Waals surface area contributed by atoms with Crippen molar-refractivity contribution in [3.05, 3.63) is 12.7 Å². The molecule has 2 rings (SSSR count). The van der Waals surface area contributed by atoms with Gasteiger partial charge in [0.1, 0.15) is 0 Å². The van der Waals surface area contributed by atoms with Gasteiger partial charge in [-0.05, 0) is 56.8 Å². The Balaban J connectivity index is 0.000000180. The van der Waals surface area contributed by atoms with Crippen LogP contribution < -0.4 is 0 Å². The van der Waals surface area contributed by atoms with Crippen LogP contribution in [-0.4, -0.2) is 22.4 Å². The van der Waals surface area contributed by atoms with Crippen molar-refractivity contribution in [3.63, 3.8) is 0 Å². The Morgan fingerprint density at radius 2 is 1.61 bits per heavy atom. The fourth-order valence-electron chi connectivity index (χ4n) is 2.07. The highest BCUT2D eigenvalue weighted by molar-refractivity contribution is 4.88. The van der Waals surface area contributed by atoms with Crippen molar-refractivity contribution in [2.24, 2.45) is 11.8 Å². The summed E-state index contributed by atoms with van der Waals surface area (Å²) in [7, 11) is 0. The third-order valence-corrected chi connectivity index (χ3v) is 3.65. The van der Waals surface area contributed by atoms with Gasteiger partial charge in [-0.1, -0.05) is 6.08 Å². The number of aliphatic hydroxyl groups is 2. The van der Waals surface area contributed by atoms with E-state index in [1.807, 2.05) is 6.08 Å². The summed E-state index contributed by atoms with van der Waals surface area (Å²) in [4.78, 5) is 0. The van der Waals surface area contributed by atoms with Crippen LogP contribution in [0.2, 0.25) is 0 Å². The van der Waals surface area contributed by atoms with Crippen LogP contribution in [-0.2, 0) is 0 Å². The largest absolute Gasteiger partial charge is 0.393 e. The van der Waals surface area contributed by atoms with Crippen LogP contribution >= 0.6 is 0 Å². The third kappa shape index (κ3) is 6.83. The van der Waals surface area contributed by atoms with Crippen LogP contribution in [0.1, 0.15) is 51.4 Å². The molecule has 2 fully saturated rings. The van der Waals surface area contributed by atoms with Crippen molar-refractivity contribution >= 4 is 0 Å². The summed E-state index contributed by atoms with van der Waals surface area (Å²) in [5.74, 6) is 3.80. The predicted molar refractivity (Wildman–Crippen MR) is 75.0 cm³/mol. The van der Waals surface area contributed by atoms with E-state index in [0.29, 0.717) is 11.8 Å². The SMILES string of the molecule is C#CCCC[C@@H]1C[C@H]1O.C=CCCC[C@@H]1C[C@H]1O. The van der Waals surface area contributed by atoms with Crippen LogP contribution in [0.15, 0.2) is 12.7 Å². The van der Waals surface area contributed by atoms with Crippen LogP contribution in [0.4, 0.5) is 0 Å². The quantitative estimate of drug-likeness (QED) is 0.414. The molecule has 2 heteroatoms. The van der Waals surface area contributed by atoms with Crippen LogP contribution in [0, 0.1) is 24.2 Å². The average molecular weight is 250 g/mol. The summed E-state index contributed by atoms with van der Waals surface area (Å²) >= 11 is 0. The molecule has 0 aliphatic heterocycles. The molecule has 0 unspecified atom stereocenters. The molecule has 0 amide bonds. The van der Waals surface area contributed by atoms with Crippen molar-refractivity contribution in [2.45, 2.75) is 63.6 Å². The molecular weight excluding hydrogens is 224 g/mol. The molecule has 0 spiro atoms. The Labute approximate surface area is 111 Å². The first-order chi connectivity index (χ1) is 8.69. The molecule has 2 nitrogen and oxygen atoms in total. The van der Waals surface area contributed by atoms with Crippen molar-refractivity contribution in [1.29, 1.82) is 0 Å². The standard InChI is InChI=1S/C8H14O.C8H12O/c2*1-2-3-4-5-7-6-8(7)9/h2,7-9H,1,3-6H2;1,7-9H,3-6H2/t2*7-,8-/m11/s1. The average Bonchev–Trinajstić information content (AvgIpc) is 3.23. The minimum atomic E-state index is 0.00257. The van der Waals surface area contributed by atoms with Gasteiger partial charge in [0, 0.05) is 6.42 Å². The lowest BCUT2D eigenvalue weighted by Gasteiger charge is -1.91. The van der Waals surface area contributed by atoms with Gasteiger partial charge in [-0.25, -0.2) is 0 Å². The number of aliphatic hydroxyl groups excluding tert-OH is 2. The molecule has 2 aliphatic rings. The fourth-order valence-corrected chi connectivity index (χ4v) is 2.07. The lowest BCUT2D eigenvalue weighted by molar-refractivity contribution is 0.255. The monoisotopic (exact) mass is 250 g/mol. The number of rotatable bonds is 7. The molecule has 2 saturated carbocycles. The zero-order valence-corrected chi connectivity index (χ0v) is 11.2. The van der Waals surface area contributed by atoms with Crippen molar-refractivity contribution in [2.75, 3.05) is 0 Å². The Hall–Kier alpha value is -0.780. The van der Waals surface area contributed by atoms with E-state index in [1.54, 1.807) is 0 Å². The minimum Gasteiger partial charge on any atom is -0.393 e. The summed E-state index contributed by atoms with van der Waals surface area (Å²) in [6.45, 7) is 3.63. The van der Waals surface area contributed by atoms with E-state index in [2.05, 4.69) is 12.5 Å². The van der Waals surface area contributed by atoms with E-state index in [1.165, 1.54) is 12.8 Å². The van der Waals surface area contributed by atoms with Gasteiger partial charge in [-0.15, -0.1) is 18.9 Å². The highest BCUT2D eigenvalue weighted by atomic mass is 16.3. The third-order valence-electron chi connectivity index (χ3n) is 3.65. The predicted octanol–water partition coefficient (Wildman–Crippen LogP) is 2.89. The molecule has 18 heavy (non-hydrogen) atoms. The highest BCUT2D eigenvalue weighted by Gasteiger charge is 2.34. The van der Waals surface area contributed by atoms with E-state index < -0.39 is 0 Å². The number of terminal acetylenes is 1. The first kappa shape index (κ1) is 15.3. The zero-order valence-electron chi connectivity index (χ0n) is 11.2. The molecule has 0 heterocycles. The molecule has 0 saturated heterocycles. The number of hydrogen-bond acceptors (Lipinski definition) is 2. The van der Waals surface area contributed by atoms with Gasteiger partial charge in [0.25, 0.3) is 0 Å². The summed E-state index contributed by atoms with van der Waals surface area (Å²) in [5, 5.41) is 17.8. The molecule has 0 aromatic heterocycles. The second kappa shape index (κ2) is 8.34. The van der Waals surface area contributed by atoms with Gasteiger partial charge in [-0.3, -0.25) is 0 Å². The smallest absolute Gasteiger partial charge is 0.0573 e. The van der Waals surface area contributed by atoms with Gasteiger partial charge in [-0.2, -0.15) is 0 Å². The fraction of sp³-hybridized carbons (Fsp3) is 0.750. The van der Waals surface area contributed by atoms with E-state index in [9.17, 15) is 0 Å². The first-order valence-electron chi connectivity index (χ1n) is 7.09. The summed E-state index contributed by atoms with van der Waals surface area (Å²) in [6, 6.07) is 0. The minimum absolute atomic E-state index is 0.00257. The lowest BCUT2D eigenvalue weighted by Crippen LogP contribution is -1.84. The molecule has 2 aliphatic carbocycles. The molecule has 0 radical (unpaired) electrons. The molecule has 0 bridgehead atoms. The van der Waals surface area contributed by atoms with Gasteiger partial charge >= 0.3 is 0 Å². The van der Waals surface area contributed by atoms with Gasteiger partial charge in [0.2, 0.25) is 0 Å². The maximum Gasteiger partial charge on any atom is 0.0573 e. The second-order valence-electron chi connectivity index (χ2n) is 5.44. The second-order valence-corrected chi connectivity index (χ2v) is 5.44. The molecule has 102 valence electrons. The summed E-state index contributed by atoms with van der Waals surface area (Å²) in [6.07, 6.45) is 15.6. The zero-order chi connectivity index (χ0) is 13.4. The number of unbranched alkanes of at least 4 members (excludes halogenated alkanes) is 2. The van der Waals surface area contributed by atoms with Crippen LogP contribution in [0.3, 0.4) is 0 Å². The van der Waals surface area contributed by atoms with Crippen LogP contribution in [0.25, 0.3) is 0 Å². The number of hydrogen-bond donors (Lipinski definition) is 2. The maximum absolute atomic E-state index is 8.90. The van der Waals surface area contributed by atoms with Gasteiger partial charge in [0.15, 0.2) is 0 Å². The van der Waals surface area contributed by atoms with Gasteiger partial charge in [0.05, 0.1) is 12.2 Å². The summed E-state index contributed by atoms with van der Waals surface area (Å²) < 4.78 is 0. The normalized spacial score (nSPS) is 31.8. The van der Waals surface area contributed by atoms with E-state index >= 15 is 0 Å². The van der Waals surface area contributed by atoms with E-state index in [-0.39, 0.29) is 12.2 Å². The van der Waals surface area contributed by atoms with Crippen molar-refractivity contribution in [3.8, 4) is 12.3 Å². The number of allylic oxidation sites excluding steroid dienone is 1. The van der Waals surface area contributed by atoms with E-state index in [0.717, 1.165) is 38.5 Å². The molecule has 0 aromatic carbocycles. The first-order valence-corrected chi connectivity index (χ1v) is 7.09.